The molecule has 5 aliphatic rings. The van der Waals surface area contributed by atoms with E-state index in [9.17, 15) is 58.7 Å². The van der Waals surface area contributed by atoms with Crippen LogP contribution in [0.3, 0.4) is 0 Å². The van der Waals surface area contributed by atoms with Gasteiger partial charge < -0.3 is 49.6 Å². The molecule has 4 aliphatic carbocycles. The molecule has 6 N–H and O–H groups in total. The predicted molar refractivity (Wildman–Crippen MR) is 295 cm³/mol. The second-order valence-electron chi connectivity index (χ2n) is 23.0. The van der Waals surface area contributed by atoms with Crippen molar-refractivity contribution < 1.29 is 67.1 Å². The van der Waals surface area contributed by atoms with Crippen LogP contribution in [0.2, 0.25) is 0 Å². The van der Waals surface area contributed by atoms with Gasteiger partial charge in [0, 0.05) is 10.8 Å². The number of rotatable bonds is 2. The molecule has 416 valence electrons. The molecule has 19 heteroatoms. The van der Waals surface area contributed by atoms with Crippen molar-refractivity contribution in [2.75, 3.05) is 14.2 Å². The van der Waals surface area contributed by atoms with E-state index in [1.807, 2.05) is 24.3 Å². The number of hydrogen-bond acceptors (Lipinski definition) is 14. The number of benzene rings is 6. The Bertz CT molecular complexity index is 3680. The molecule has 0 radical (unpaired) electrons. The molecular weight excluding hydrogens is 1150 g/mol. The van der Waals surface area contributed by atoms with E-state index >= 15 is 0 Å². The SMILES string of the molecule is C.CC1(C)CC2(CC(C)(C)c3cc(O)c(O)cc32)c2cc(O)c(O)cc21.COc1cc2c(cc1OC)C1(CC2(C)C)CC(C)(C)c2cc3c(cc21)Oc1c(C#N)c(O)c(O)c(C#N)c1O3.I.N#Cc1c(F)c(F)c(C#N)c(F)c1F. The number of nitriles is 4. The summed E-state index contributed by atoms with van der Waals surface area (Å²) in [6.07, 6.45) is 3.33. The molecule has 0 amide bonds. The maximum atomic E-state index is 12.7. The fourth-order valence-corrected chi connectivity index (χ4v) is 13.3. The van der Waals surface area contributed by atoms with Crippen molar-refractivity contribution in [2.24, 2.45) is 0 Å². The monoisotopic (exact) mass is 1210 g/mol. The Labute approximate surface area is 476 Å². The minimum Gasteiger partial charge on any atom is -0.504 e. The summed E-state index contributed by atoms with van der Waals surface area (Å²) in [5.74, 6) is -7.38. The van der Waals surface area contributed by atoms with Crippen molar-refractivity contribution in [3.63, 3.8) is 0 Å². The van der Waals surface area contributed by atoms with Crippen molar-refractivity contribution >= 4 is 24.0 Å². The molecular formula is C61H57F4IN4O10. The van der Waals surface area contributed by atoms with Crippen LogP contribution >= 0.6 is 24.0 Å². The molecule has 80 heavy (non-hydrogen) atoms. The van der Waals surface area contributed by atoms with Gasteiger partial charge in [-0.05, 0) is 140 Å². The smallest absolute Gasteiger partial charge is 0.193 e. The Morgan fingerprint density at radius 2 is 0.650 bits per heavy atom. The summed E-state index contributed by atoms with van der Waals surface area (Å²) in [5, 5.41) is 96.7. The average molecular weight is 1210 g/mol. The lowest BCUT2D eigenvalue weighted by molar-refractivity contribution is 0.341. The number of halogens is 5. The van der Waals surface area contributed by atoms with Gasteiger partial charge in [0.1, 0.15) is 46.5 Å². The van der Waals surface area contributed by atoms with Gasteiger partial charge in [0.2, 0.25) is 0 Å². The Morgan fingerprint density at radius 3 is 0.950 bits per heavy atom. The van der Waals surface area contributed by atoms with Gasteiger partial charge in [0.25, 0.3) is 0 Å². The van der Waals surface area contributed by atoms with Gasteiger partial charge in [-0.1, -0.05) is 62.8 Å². The van der Waals surface area contributed by atoms with Gasteiger partial charge in [-0.25, -0.2) is 17.6 Å². The maximum absolute atomic E-state index is 12.7. The number of ether oxygens (including phenoxy) is 4. The molecule has 0 fully saturated rings. The highest BCUT2D eigenvalue weighted by molar-refractivity contribution is 14.0. The van der Waals surface area contributed by atoms with E-state index in [-0.39, 0.29) is 110 Å². The second-order valence-corrected chi connectivity index (χ2v) is 23.0. The quantitative estimate of drug-likeness (QED) is 0.0408. The van der Waals surface area contributed by atoms with Crippen LogP contribution in [-0.4, -0.2) is 44.9 Å². The van der Waals surface area contributed by atoms with Crippen LogP contribution in [0.4, 0.5) is 17.6 Å². The molecule has 6 aromatic carbocycles. The molecule has 11 rings (SSSR count). The first kappa shape index (κ1) is 59.4. The van der Waals surface area contributed by atoms with Crippen molar-refractivity contribution in [1.82, 2.24) is 0 Å². The van der Waals surface area contributed by atoms with Gasteiger partial charge in [-0.3, -0.25) is 0 Å². The van der Waals surface area contributed by atoms with E-state index in [2.05, 4.69) is 67.5 Å². The van der Waals surface area contributed by atoms with E-state index in [4.69, 9.17) is 29.5 Å². The third-order valence-electron chi connectivity index (χ3n) is 16.3. The van der Waals surface area contributed by atoms with Crippen LogP contribution in [0.1, 0.15) is 155 Å². The van der Waals surface area contributed by atoms with Gasteiger partial charge >= 0.3 is 0 Å². The Balaban J connectivity index is 0.000000193. The molecule has 0 aromatic heterocycles. The van der Waals surface area contributed by atoms with Crippen molar-refractivity contribution in [2.45, 2.75) is 121 Å². The van der Waals surface area contributed by atoms with Crippen LogP contribution in [0.5, 0.6) is 69.0 Å². The number of fused-ring (bicyclic) bond motifs is 10. The highest BCUT2D eigenvalue weighted by atomic mass is 127. The molecule has 0 saturated heterocycles. The molecule has 0 bridgehead atoms. The molecule has 0 saturated carbocycles. The van der Waals surface area contributed by atoms with Crippen LogP contribution in [0.15, 0.2) is 48.5 Å². The average Bonchev–Trinajstić information content (AvgIpc) is 2.90. The largest absolute Gasteiger partial charge is 0.504 e. The number of nitrogens with zero attached hydrogens (tertiary/aromatic N) is 4. The minimum atomic E-state index is -1.86. The summed E-state index contributed by atoms with van der Waals surface area (Å²) in [4.78, 5) is 0. The van der Waals surface area contributed by atoms with E-state index in [0.29, 0.717) is 23.0 Å². The van der Waals surface area contributed by atoms with Crippen molar-refractivity contribution in [3.05, 3.63) is 139 Å². The van der Waals surface area contributed by atoms with Crippen LogP contribution in [0, 0.1) is 68.6 Å². The zero-order valence-electron chi connectivity index (χ0n) is 44.5. The first-order valence-electron chi connectivity index (χ1n) is 24.5. The van der Waals surface area contributed by atoms with Crippen LogP contribution < -0.4 is 18.9 Å². The van der Waals surface area contributed by atoms with Gasteiger partial charge in [-0.15, -0.1) is 24.0 Å². The van der Waals surface area contributed by atoms with Gasteiger partial charge in [0.15, 0.2) is 92.3 Å². The van der Waals surface area contributed by atoms with E-state index in [1.54, 1.807) is 38.5 Å². The second kappa shape index (κ2) is 19.8. The highest BCUT2D eigenvalue weighted by Crippen LogP contribution is 2.67. The third kappa shape index (κ3) is 8.60. The van der Waals surface area contributed by atoms with Crippen molar-refractivity contribution in [3.8, 4) is 93.3 Å². The maximum Gasteiger partial charge on any atom is 0.193 e. The lowest BCUT2D eigenvalue weighted by atomic mass is 9.72. The molecule has 1 unspecified atom stereocenters. The Morgan fingerprint density at radius 1 is 0.412 bits per heavy atom. The molecule has 1 heterocycles. The fourth-order valence-electron chi connectivity index (χ4n) is 13.3. The fraction of sp³-hybridized carbons (Fsp3) is 0.344. The molecule has 1 atom stereocenters. The third-order valence-corrected chi connectivity index (χ3v) is 16.3. The Kier molecular flexibility index (Phi) is 14.7. The first-order valence-corrected chi connectivity index (χ1v) is 24.5. The number of hydrogen-bond donors (Lipinski definition) is 6. The summed E-state index contributed by atoms with van der Waals surface area (Å²) < 4.78 is 74.6. The number of methoxy groups -OCH3 is 2. The highest BCUT2D eigenvalue weighted by Gasteiger charge is 2.59. The minimum absolute atomic E-state index is 0. The van der Waals surface area contributed by atoms with Gasteiger partial charge in [0.05, 0.1) is 14.2 Å². The predicted octanol–water partition coefficient (Wildman–Crippen LogP) is 13.8. The molecule has 6 aromatic rings. The number of aromatic hydroxyl groups is 6. The van der Waals surface area contributed by atoms with Gasteiger partial charge in [-0.2, -0.15) is 21.0 Å². The zero-order chi connectivity index (χ0) is 57.3. The van der Waals surface area contributed by atoms with E-state index < -0.39 is 45.9 Å². The lowest BCUT2D eigenvalue weighted by Crippen LogP contribution is -2.27. The lowest BCUT2D eigenvalue weighted by Gasteiger charge is -2.31. The normalized spacial score (nSPS) is 18.2. The standard InChI is InChI=1S/C31H28N2O6.C21H24O4.C8F4N2.CH4.HI/c1-29(2)13-31(19-9-22(37-6)21(36-5)7-17(19)29)14-30(3,4)18-8-23-24(10-20(18)31)39-28-16(12-33)26(35)25(34)15(11-32)27(28)38-23;1-19(2)9-21(13-7-17(24)15(22)5-11(13)19)10-20(3,4)12-6-16(23)18(25)8-14(12)21;9-5-3(1-13)6(10)8(12)4(2-14)7(5)11;;/h7-10,34-35H,13-14H2,1-6H3;5-8,22-25H,9-10H2,1-4H3;;1H4;1H. The number of phenolic OH excluding ortho intramolecular Hbond substituents is 6. The van der Waals surface area contributed by atoms with Crippen molar-refractivity contribution in [1.29, 1.82) is 21.0 Å². The Hall–Kier alpha value is -8.27. The molecule has 1 aliphatic heterocycles. The summed E-state index contributed by atoms with van der Waals surface area (Å²) in [6, 6.07) is 20.4. The summed E-state index contributed by atoms with van der Waals surface area (Å²) in [5.41, 5.74) is 3.86. The summed E-state index contributed by atoms with van der Waals surface area (Å²) >= 11 is 0. The molecule has 2 spiro atoms. The summed E-state index contributed by atoms with van der Waals surface area (Å²) in [6.45, 7) is 17.5. The van der Waals surface area contributed by atoms with Crippen LogP contribution in [-0.2, 0) is 32.5 Å². The summed E-state index contributed by atoms with van der Waals surface area (Å²) in [7, 11) is 3.28. The topological polar surface area (TPSA) is 253 Å². The van der Waals surface area contributed by atoms with E-state index in [1.165, 1.54) is 11.1 Å². The van der Waals surface area contributed by atoms with Crippen LogP contribution in [0.25, 0.3) is 0 Å². The molecule has 14 nitrogen and oxygen atoms in total. The number of phenols is 6. The first-order chi connectivity index (χ1) is 36.4. The zero-order valence-corrected chi connectivity index (χ0v) is 46.8. The van der Waals surface area contributed by atoms with E-state index in [0.717, 1.165) is 71.2 Å².